The highest BCUT2D eigenvalue weighted by Gasteiger charge is 2.29. The summed E-state index contributed by atoms with van der Waals surface area (Å²) in [6, 6.07) is 0. The molecular weight excluding hydrogens is 164 g/mol. The lowest BCUT2D eigenvalue weighted by Crippen LogP contribution is -2.13. The molecule has 0 aromatic rings. The van der Waals surface area contributed by atoms with Gasteiger partial charge >= 0.3 is 0 Å². The molecule has 0 amide bonds. The van der Waals surface area contributed by atoms with Crippen molar-refractivity contribution in [3.8, 4) is 0 Å². The number of hydrogen-bond acceptors (Lipinski definition) is 2. The molecule has 0 aromatic heterocycles. The summed E-state index contributed by atoms with van der Waals surface area (Å²) in [5, 5.41) is 0. The first kappa shape index (κ1) is 8.42. The summed E-state index contributed by atoms with van der Waals surface area (Å²) in [5.74, 6) is 0.393. The molecule has 2 atom stereocenters. The molecule has 0 heterocycles. The Morgan fingerprint density at radius 1 is 0.923 bits per heavy atom. The quantitative estimate of drug-likeness (QED) is 0.562. The van der Waals surface area contributed by atoms with E-state index in [1.54, 1.807) is 0 Å². The molecule has 0 radical (unpaired) electrons. The van der Waals surface area contributed by atoms with Crippen LogP contribution in [0.25, 0.3) is 0 Å². The molecule has 0 unspecified atom stereocenters. The largest absolute Gasteiger partial charge is 0.299 e. The first-order chi connectivity index (χ1) is 6.27. The highest BCUT2D eigenvalue weighted by Crippen LogP contribution is 2.26. The van der Waals surface area contributed by atoms with Crippen LogP contribution in [0.3, 0.4) is 0 Å². The molecule has 13 heavy (non-hydrogen) atoms. The van der Waals surface area contributed by atoms with Crippen molar-refractivity contribution < 1.29 is 9.59 Å². The van der Waals surface area contributed by atoms with E-state index in [0.29, 0.717) is 19.3 Å². The van der Waals surface area contributed by atoms with Crippen LogP contribution < -0.4 is 0 Å². The van der Waals surface area contributed by atoms with Crippen LogP contribution in [0.5, 0.6) is 0 Å². The lowest BCUT2D eigenvalue weighted by atomic mass is 9.93. The van der Waals surface area contributed by atoms with Gasteiger partial charge in [-0.25, -0.2) is 0 Å². The van der Waals surface area contributed by atoms with Crippen molar-refractivity contribution in [1.29, 1.82) is 0 Å². The van der Waals surface area contributed by atoms with Crippen molar-refractivity contribution in [1.82, 2.24) is 0 Å². The maximum Gasteiger partial charge on any atom is 0.140 e. The summed E-state index contributed by atoms with van der Waals surface area (Å²) >= 11 is 0. The van der Waals surface area contributed by atoms with Crippen LogP contribution >= 0.6 is 0 Å². The Hall–Kier alpha value is -1.18. The standard InChI is InChI=1S/C11H12O2/c12-10-5-6-11(13)9-4-2-1-3-8(10)7-9/h1-4,8-9H,5-7H2/t8-,9+. The van der Waals surface area contributed by atoms with Crippen molar-refractivity contribution >= 4 is 11.6 Å². The number of hydrogen-bond donors (Lipinski definition) is 0. The average Bonchev–Trinajstić information content (AvgIpc) is 2.43. The molecule has 2 bridgehead atoms. The molecule has 2 rings (SSSR count). The van der Waals surface area contributed by atoms with Crippen LogP contribution in [0, 0.1) is 11.8 Å². The normalized spacial score (nSPS) is 32.9. The Kier molecular flexibility index (Phi) is 2.13. The van der Waals surface area contributed by atoms with Crippen LogP contribution in [0.2, 0.25) is 0 Å². The molecule has 1 fully saturated rings. The van der Waals surface area contributed by atoms with Gasteiger partial charge in [0.25, 0.3) is 0 Å². The Morgan fingerprint density at radius 2 is 1.38 bits per heavy atom. The Morgan fingerprint density at radius 3 is 1.85 bits per heavy atom. The molecule has 2 nitrogen and oxygen atoms in total. The third-order valence-electron chi connectivity index (χ3n) is 2.75. The monoisotopic (exact) mass is 176 g/mol. The molecule has 68 valence electrons. The summed E-state index contributed by atoms with van der Waals surface area (Å²) in [6.45, 7) is 0. The number of rotatable bonds is 0. The molecule has 0 spiro atoms. The third-order valence-corrected chi connectivity index (χ3v) is 2.75. The zero-order valence-electron chi connectivity index (χ0n) is 7.40. The first-order valence-corrected chi connectivity index (χ1v) is 4.68. The predicted molar refractivity (Wildman–Crippen MR) is 49.1 cm³/mol. The molecule has 0 N–H and O–H groups in total. The number of Topliss-reactive ketones (excluding diaryl/α,β-unsaturated/α-hetero) is 2. The van der Waals surface area contributed by atoms with E-state index < -0.39 is 0 Å². The van der Waals surface area contributed by atoms with E-state index in [1.807, 2.05) is 24.3 Å². The van der Waals surface area contributed by atoms with Crippen LogP contribution in [0.1, 0.15) is 19.3 Å². The minimum Gasteiger partial charge on any atom is -0.299 e. The Labute approximate surface area is 77.3 Å². The van der Waals surface area contributed by atoms with Gasteiger partial charge in [0.1, 0.15) is 11.6 Å². The van der Waals surface area contributed by atoms with Crippen molar-refractivity contribution in [2.75, 3.05) is 0 Å². The lowest BCUT2D eigenvalue weighted by Gasteiger charge is -2.09. The molecule has 0 saturated heterocycles. The van der Waals surface area contributed by atoms with Crippen LogP contribution in [0.4, 0.5) is 0 Å². The second-order valence-electron chi connectivity index (χ2n) is 3.65. The fraction of sp³-hybridized carbons (Fsp3) is 0.455. The smallest absolute Gasteiger partial charge is 0.140 e. The number of carbonyl (C=O) groups is 2. The van der Waals surface area contributed by atoms with Crippen molar-refractivity contribution in [3.05, 3.63) is 24.3 Å². The lowest BCUT2D eigenvalue weighted by molar-refractivity contribution is -0.123. The van der Waals surface area contributed by atoms with Crippen LogP contribution in [-0.4, -0.2) is 11.6 Å². The van der Waals surface area contributed by atoms with Gasteiger partial charge in [-0.15, -0.1) is 0 Å². The maximum absolute atomic E-state index is 11.5. The molecule has 1 saturated carbocycles. The van der Waals surface area contributed by atoms with Gasteiger partial charge in [-0.05, 0) is 6.42 Å². The maximum atomic E-state index is 11.5. The zero-order chi connectivity index (χ0) is 9.26. The number of fused-ring (bicyclic) bond motifs is 2. The van der Waals surface area contributed by atoms with Gasteiger partial charge in [-0.2, -0.15) is 0 Å². The van der Waals surface area contributed by atoms with Gasteiger partial charge in [0.2, 0.25) is 0 Å². The summed E-state index contributed by atoms with van der Waals surface area (Å²) in [4.78, 5) is 23.0. The average molecular weight is 176 g/mol. The van der Waals surface area contributed by atoms with Crippen LogP contribution in [-0.2, 0) is 9.59 Å². The van der Waals surface area contributed by atoms with Gasteiger partial charge in [0.05, 0.1) is 0 Å². The van der Waals surface area contributed by atoms with Crippen molar-refractivity contribution in [2.45, 2.75) is 19.3 Å². The fourth-order valence-electron chi connectivity index (χ4n) is 1.92. The van der Waals surface area contributed by atoms with Gasteiger partial charge < -0.3 is 0 Å². The van der Waals surface area contributed by atoms with E-state index in [0.717, 1.165) is 0 Å². The van der Waals surface area contributed by atoms with E-state index in [9.17, 15) is 9.59 Å². The fourth-order valence-corrected chi connectivity index (χ4v) is 1.92. The summed E-state index contributed by atoms with van der Waals surface area (Å²) in [7, 11) is 0. The molecule has 0 aromatic carbocycles. The van der Waals surface area contributed by atoms with Crippen LogP contribution in [0.15, 0.2) is 24.3 Å². The third kappa shape index (κ3) is 1.62. The van der Waals surface area contributed by atoms with Gasteiger partial charge in [0.15, 0.2) is 0 Å². The molecule has 2 aliphatic carbocycles. The molecule has 0 aliphatic heterocycles. The van der Waals surface area contributed by atoms with Gasteiger partial charge in [-0.3, -0.25) is 9.59 Å². The van der Waals surface area contributed by atoms with E-state index in [1.165, 1.54) is 0 Å². The van der Waals surface area contributed by atoms with Gasteiger partial charge in [-0.1, -0.05) is 24.3 Å². The van der Waals surface area contributed by atoms with Gasteiger partial charge in [0, 0.05) is 24.7 Å². The minimum absolute atomic E-state index is 0.0218. The Balaban J connectivity index is 2.29. The van der Waals surface area contributed by atoms with E-state index in [2.05, 4.69) is 0 Å². The minimum atomic E-state index is -0.0218. The topological polar surface area (TPSA) is 34.1 Å². The second kappa shape index (κ2) is 3.29. The predicted octanol–water partition coefficient (Wildman–Crippen LogP) is 1.67. The summed E-state index contributed by atoms with van der Waals surface area (Å²) in [5.41, 5.74) is 0. The number of carbonyl (C=O) groups excluding carboxylic acids is 2. The molecule has 2 aliphatic rings. The molecule has 2 heteroatoms. The highest BCUT2D eigenvalue weighted by molar-refractivity contribution is 5.92. The Bertz CT molecular complexity index is 269. The van der Waals surface area contributed by atoms with E-state index >= 15 is 0 Å². The van der Waals surface area contributed by atoms with E-state index in [-0.39, 0.29) is 23.4 Å². The number of ketones is 2. The summed E-state index contributed by atoms with van der Waals surface area (Å²) in [6.07, 6.45) is 9.12. The highest BCUT2D eigenvalue weighted by atomic mass is 16.1. The first-order valence-electron chi connectivity index (χ1n) is 4.68. The zero-order valence-corrected chi connectivity index (χ0v) is 7.40. The van der Waals surface area contributed by atoms with E-state index in [4.69, 9.17) is 0 Å². The van der Waals surface area contributed by atoms with Crippen molar-refractivity contribution in [3.63, 3.8) is 0 Å². The summed E-state index contributed by atoms with van der Waals surface area (Å²) < 4.78 is 0. The molecular formula is C11H12O2. The van der Waals surface area contributed by atoms with Crippen molar-refractivity contribution in [2.24, 2.45) is 11.8 Å². The second-order valence-corrected chi connectivity index (χ2v) is 3.65. The number of allylic oxidation sites excluding steroid dienone is 4. The SMILES string of the molecule is O=C1CCC(=O)[C@H]2C=CC=C[C@@H]1C2.